The lowest BCUT2D eigenvalue weighted by Gasteiger charge is -2.04. The first kappa shape index (κ1) is 11.2. The van der Waals surface area contributed by atoms with Crippen LogP contribution in [0.5, 0.6) is 0 Å². The van der Waals surface area contributed by atoms with Crippen molar-refractivity contribution in [3.05, 3.63) is 44.7 Å². The quantitative estimate of drug-likeness (QED) is 0.845. The van der Waals surface area contributed by atoms with Gasteiger partial charge in [-0.15, -0.1) is 0 Å². The molecule has 2 aromatic rings. The molecule has 2 rings (SSSR count). The van der Waals surface area contributed by atoms with Gasteiger partial charge in [0.2, 0.25) is 0 Å². The van der Waals surface area contributed by atoms with Crippen LogP contribution in [0.3, 0.4) is 0 Å². The lowest BCUT2D eigenvalue weighted by atomic mass is 10.4. The molecule has 0 aromatic carbocycles. The SMILES string of the molecule is COCc1cc(=O)n2cc(Br)cc(F)c2n1. The van der Waals surface area contributed by atoms with Gasteiger partial charge in [-0.05, 0) is 22.0 Å². The van der Waals surface area contributed by atoms with Crippen molar-refractivity contribution in [2.24, 2.45) is 0 Å². The van der Waals surface area contributed by atoms with Crippen molar-refractivity contribution in [1.29, 1.82) is 0 Å². The van der Waals surface area contributed by atoms with Crippen LogP contribution in [0, 0.1) is 5.82 Å². The van der Waals surface area contributed by atoms with E-state index in [1.807, 2.05) is 0 Å². The van der Waals surface area contributed by atoms with Crippen LogP contribution in [0.15, 0.2) is 27.6 Å². The van der Waals surface area contributed by atoms with Crippen LogP contribution in [0.25, 0.3) is 5.65 Å². The Morgan fingerprint density at radius 2 is 2.31 bits per heavy atom. The molecule has 84 valence electrons. The Bertz CT molecular complexity index is 597. The van der Waals surface area contributed by atoms with Gasteiger partial charge in [0, 0.05) is 23.8 Å². The zero-order valence-electron chi connectivity index (χ0n) is 8.41. The minimum Gasteiger partial charge on any atom is -0.378 e. The van der Waals surface area contributed by atoms with Gasteiger partial charge >= 0.3 is 0 Å². The summed E-state index contributed by atoms with van der Waals surface area (Å²) in [5.41, 5.74) is 0.0775. The van der Waals surface area contributed by atoms with E-state index in [1.54, 1.807) is 0 Å². The molecular weight excluding hydrogens is 279 g/mol. The van der Waals surface area contributed by atoms with E-state index in [9.17, 15) is 9.18 Å². The monoisotopic (exact) mass is 286 g/mol. The highest BCUT2D eigenvalue weighted by molar-refractivity contribution is 9.10. The molecule has 2 heterocycles. The molecule has 16 heavy (non-hydrogen) atoms. The van der Waals surface area contributed by atoms with Crippen molar-refractivity contribution >= 4 is 21.6 Å². The molecule has 2 aromatic heterocycles. The van der Waals surface area contributed by atoms with Crippen molar-refractivity contribution in [3.63, 3.8) is 0 Å². The Hall–Kier alpha value is -1.27. The number of pyridine rings is 1. The number of ether oxygens (including phenoxy) is 1. The summed E-state index contributed by atoms with van der Waals surface area (Å²) in [6, 6.07) is 2.58. The topological polar surface area (TPSA) is 43.6 Å². The Morgan fingerprint density at radius 3 is 3.00 bits per heavy atom. The summed E-state index contributed by atoms with van der Waals surface area (Å²) in [6.45, 7) is 0.182. The summed E-state index contributed by atoms with van der Waals surface area (Å²) in [5.74, 6) is -0.551. The maximum Gasteiger partial charge on any atom is 0.258 e. The Morgan fingerprint density at radius 1 is 1.56 bits per heavy atom. The standard InChI is InChI=1S/C10H8BrFN2O2/c1-16-5-7-3-9(15)14-4-6(11)2-8(12)10(14)13-7/h2-4H,5H2,1H3. The second kappa shape index (κ2) is 4.31. The molecule has 0 unspecified atom stereocenters. The van der Waals surface area contributed by atoms with Crippen LogP contribution >= 0.6 is 15.9 Å². The third kappa shape index (κ3) is 1.98. The molecule has 4 nitrogen and oxygen atoms in total. The van der Waals surface area contributed by atoms with Gasteiger partial charge < -0.3 is 4.74 Å². The fraction of sp³-hybridized carbons (Fsp3) is 0.200. The first-order valence-corrected chi connectivity index (χ1v) is 5.27. The van der Waals surface area contributed by atoms with Gasteiger partial charge in [0.05, 0.1) is 12.3 Å². The first-order chi connectivity index (χ1) is 7.61. The highest BCUT2D eigenvalue weighted by Gasteiger charge is 2.07. The molecule has 0 N–H and O–H groups in total. The highest BCUT2D eigenvalue weighted by Crippen LogP contribution is 2.14. The average molecular weight is 287 g/mol. The number of hydrogen-bond acceptors (Lipinski definition) is 3. The lowest BCUT2D eigenvalue weighted by molar-refractivity contribution is 0.181. The summed E-state index contributed by atoms with van der Waals surface area (Å²) in [7, 11) is 1.49. The molecule has 0 fully saturated rings. The van der Waals surface area contributed by atoms with Gasteiger partial charge in [0.25, 0.3) is 5.56 Å². The Balaban J connectivity index is 2.77. The van der Waals surface area contributed by atoms with E-state index >= 15 is 0 Å². The molecule has 0 spiro atoms. The summed E-state index contributed by atoms with van der Waals surface area (Å²) >= 11 is 3.11. The maximum absolute atomic E-state index is 13.6. The van der Waals surface area contributed by atoms with E-state index in [0.29, 0.717) is 10.2 Å². The predicted molar refractivity (Wildman–Crippen MR) is 59.8 cm³/mol. The van der Waals surface area contributed by atoms with Gasteiger partial charge in [-0.2, -0.15) is 0 Å². The summed E-state index contributed by atoms with van der Waals surface area (Å²) < 4.78 is 20.0. The van der Waals surface area contributed by atoms with Gasteiger partial charge in [-0.3, -0.25) is 9.20 Å². The van der Waals surface area contributed by atoms with Crippen molar-refractivity contribution in [1.82, 2.24) is 9.38 Å². The van der Waals surface area contributed by atoms with Crippen LogP contribution in [0.1, 0.15) is 5.69 Å². The van der Waals surface area contributed by atoms with E-state index in [4.69, 9.17) is 4.74 Å². The van der Waals surface area contributed by atoms with E-state index in [2.05, 4.69) is 20.9 Å². The number of hydrogen-bond donors (Lipinski definition) is 0. The number of rotatable bonds is 2. The van der Waals surface area contributed by atoms with E-state index in [0.717, 1.165) is 4.40 Å². The average Bonchev–Trinajstić information content (AvgIpc) is 2.20. The smallest absolute Gasteiger partial charge is 0.258 e. The Kier molecular flexibility index (Phi) is 3.02. The van der Waals surface area contributed by atoms with Gasteiger partial charge in [0.15, 0.2) is 11.5 Å². The fourth-order valence-corrected chi connectivity index (χ4v) is 1.81. The van der Waals surface area contributed by atoms with Crippen molar-refractivity contribution in [2.75, 3.05) is 7.11 Å². The molecule has 0 radical (unpaired) electrons. The van der Waals surface area contributed by atoms with Gasteiger partial charge in [0.1, 0.15) is 0 Å². The summed E-state index contributed by atoms with van der Waals surface area (Å²) in [5, 5.41) is 0. The largest absolute Gasteiger partial charge is 0.378 e. The summed E-state index contributed by atoms with van der Waals surface area (Å²) in [6.07, 6.45) is 1.48. The molecule has 0 bridgehead atoms. The molecule has 0 saturated carbocycles. The molecule has 6 heteroatoms. The maximum atomic E-state index is 13.6. The van der Waals surface area contributed by atoms with Crippen molar-refractivity contribution in [2.45, 2.75) is 6.61 Å². The van der Waals surface area contributed by atoms with Crippen LogP contribution in [0.2, 0.25) is 0 Å². The van der Waals surface area contributed by atoms with Crippen molar-refractivity contribution < 1.29 is 9.13 Å². The predicted octanol–water partition coefficient (Wildman–Crippen LogP) is 1.74. The van der Waals surface area contributed by atoms with Crippen molar-refractivity contribution in [3.8, 4) is 0 Å². The molecular formula is C10H8BrFN2O2. The van der Waals surface area contributed by atoms with E-state index in [-0.39, 0.29) is 17.8 Å². The minimum absolute atomic E-state index is 0.00255. The molecule has 0 atom stereocenters. The molecule has 0 aliphatic heterocycles. The normalized spacial score (nSPS) is 10.9. The molecule has 0 amide bonds. The molecule has 0 saturated heterocycles. The highest BCUT2D eigenvalue weighted by atomic mass is 79.9. The number of halogens is 2. The number of methoxy groups -OCH3 is 1. The zero-order chi connectivity index (χ0) is 11.7. The third-order valence-electron chi connectivity index (χ3n) is 2.03. The second-order valence-electron chi connectivity index (χ2n) is 3.22. The number of nitrogens with zero attached hydrogens (tertiary/aromatic N) is 2. The fourth-order valence-electron chi connectivity index (χ4n) is 1.40. The van der Waals surface area contributed by atoms with Crippen LogP contribution in [-0.2, 0) is 11.3 Å². The number of fused-ring (bicyclic) bond motifs is 1. The van der Waals surface area contributed by atoms with Crippen LogP contribution in [0.4, 0.5) is 4.39 Å². The van der Waals surface area contributed by atoms with Crippen LogP contribution in [-0.4, -0.2) is 16.5 Å². The van der Waals surface area contributed by atoms with E-state index in [1.165, 1.54) is 25.4 Å². The van der Waals surface area contributed by atoms with Gasteiger partial charge in [-0.1, -0.05) is 0 Å². The van der Waals surface area contributed by atoms with Gasteiger partial charge in [-0.25, -0.2) is 9.37 Å². The second-order valence-corrected chi connectivity index (χ2v) is 4.13. The summed E-state index contributed by atoms with van der Waals surface area (Å²) in [4.78, 5) is 15.7. The zero-order valence-corrected chi connectivity index (χ0v) is 9.99. The van der Waals surface area contributed by atoms with E-state index < -0.39 is 5.82 Å². The molecule has 0 aliphatic carbocycles. The minimum atomic E-state index is -0.551. The van der Waals surface area contributed by atoms with Crippen LogP contribution < -0.4 is 5.56 Å². The Labute approximate surface area is 98.8 Å². The molecule has 0 aliphatic rings. The first-order valence-electron chi connectivity index (χ1n) is 4.48. The number of aromatic nitrogens is 2. The lowest BCUT2D eigenvalue weighted by Crippen LogP contribution is -2.16. The third-order valence-corrected chi connectivity index (χ3v) is 2.46.